The van der Waals surface area contributed by atoms with Crippen molar-refractivity contribution < 1.29 is 4.79 Å². The van der Waals surface area contributed by atoms with Gasteiger partial charge >= 0.3 is 0 Å². The summed E-state index contributed by atoms with van der Waals surface area (Å²) in [4.78, 5) is 17.6. The molecule has 1 aromatic carbocycles. The van der Waals surface area contributed by atoms with E-state index < -0.39 is 0 Å². The van der Waals surface area contributed by atoms with Gasteiger partial charge in [-0.3, -0.25) is 9.69 Å². The highest BCUT2D eigenvalue weighted by Crippen LogP contribution is 2.42. The van der Waals surface area contributed by atoms with Crippen molar-refractivity contribution in [1.82, 2.24) is 4.90 Å². The number of rotatable bonds is 4. The van der Waals surface area contributed by atoms with E-state index in [1.807, 2.05) is 6.07 Å². The number of halogens is 4. The van der Waals surface area contributed by atoms with Crippen LogP contribution >= 0.6 is 69.1 Å². The lowest BCUT2D eigenvalue weighted by molar-refractivity contribution is -0.117. The van der Waals surface area contributed by atoms with E-state index in [2.05, 4.69) is 33.1 Å². The fraction of sp³-hybridized carbons (Fsp3) is 0.211. The van der Waals surface area contributed by atoms with E-state index in [1.165, 1.54) is 21.4 Å². The number of hydrogen-bond acceptors (Lipinski definition) is 4. The zero-order valence-corrected chi connectivity index (χ0v) is 19.0. The average molecular weight is 492 g/mol. The van der Waals surface area contributed by atoms with E-state index in [-0.39, 0.29) is 44.3 Å². The Labute approximate surface area is 190 Å². The molecule has 9 heteroatoms. The molecule has 0 bridgehead atoms. The van der Waals surface area contributed by atoms with Crippen LogP contribution in [-0.4, -0.2) is 23.9 Å². The van der Waals surface area contributed by atoms with E-state index in [1.54, 1.807) is 22.7 Å². The van der Waals surface area contributed by atoms with Crippen molar-refractivity contribution in [2.75, 3.05) is 18.4 Å². The molecule has 1 amide bonds. The largest absolute Gasteiger partial charge is 0.322 e. The second-order valence-electron chi connectivity index (χ2n) is 6.33. The summed E-state index contributed by atoms with van der Waals surface area (Å²) in [5.74, 6) is -0.220. The number of benzene rings is 1. The summed E-state index contributed by atoms with van der Waals surface area (Å²) >= 11 is 28.0. The molecule has 1 aliphatic rings. The number of amides is 1. The molecule has 0 radical (unpaired) electrons. The number of fused-ring (bicyclic) bond motifs is 1. The minimum Gasteiger partial charge on any atom is -0.322 e. The highest BCUT2D eigenvalue weighted by molar-refractivity contribution is 7.10. The molecule has 3 aromatic rings. The quantitative estimate of drug-likeness (QED) is 0.398. The van der Waals surface area contributed by atoms with Crippen LogP contribution in [0.2, 0.25) is 20.1 Å². The molecular formula is C19H14Cl4N2OS2. The third kappa shape index (κ3) is 3.94. The molecule has 1 unspecified atom stereocenters. The Bertz CT molecular complexity index is 993. The molecule has 0 saturated heterocycles. The van der Waals surface area contributed by atoms with Crippen LogP contribution in [0.25, 0.3) is 0 Å². The van der Waals surface area contributed by atoms with Crippen LogP contribution in [-0.2, 0) is 11.2 Å². The maximum Gasteiger partial charge on any atom is 0.238 e. The highest BCUT2D eigenvalue weighted by atomic mass is 35.5. The van der Waals surface area contributed by atoms with Gasteiger partial charge in [0.15, 0.2) is 0 Å². The fourth-order valence-electron chi connectivity index (χ4n) is 3.37. The van der Waals surface area contributed by atoms with Crippen molar-refractivity contribution in [3.63, 3.8) is 0 Å². The normalized spacial score (nSPS) is 16.8. The molecule has 4 rings (SSSR count). The van der Waals surface area contributed by atoms with Crippen LogP contribution in [0.4, 0.5) is 5.69 Å². The van der Waals surface area contributed by atoms with Gasteiger partial charge in [-0.15, -0.1) is 22.7 Å². The van der Waals surface area contributed by atoms with E-state index in [9.17, 15) is 4.79 Å². The van der Waals surface area contributed by atoms with E-state index in [0.717, 1.165) is 13.0 Å². The Kier molecular flexibility index (Phi) is 6.23. The topological polar surface area (TPSA) is 32.3 Å². The number of nitrogens with one attached hydrogen (secondary N) is 1. The monoisotopic (exact) mass is 490 g/mol. The van der Waals surface area contributed by atoms with Gasteiger partial charge in [-0.2, -0.15) is 0 Å². The van der Waals surface area contributed by atoms with Gasteiger partial charge in [0.1, 0.15) is 0 Å². The Morgan fingerprint density at radius 1 is 1.11 bits per heavy atom. The van der Waals surface area contributed by atoms with Gasteiger partial charge in [0.2, 0.25) is 5.91 Å². The van der Waals surface area contributed by atoms with Gasteiger partial charge in [-0.05, 0) is 40.9 Å². The standard InChI is InChI=1S/C19H14Cl4N2OS2/c20-11-8-12(21)17(23)18(16(11)22)24-15(26)9-25-5-3-13-10(4-7-28-13)19(25)14-2-1-6-27-14/h1-2,4,6-8,19H,3,5,9H2,(H,24,26). The molecule has 3 nitrogen and oxygen atoms in total. The minimum absolute atomic E-state index is 0.0645. The van der Waals surface area contributed by atoms with Gasteiger partial charge in [-0.1, -0.05) is 52.5 Å². The molecule has 0 fully saturated rings. The van der Waals surface area contributed by atoms with E-state index >= 15 is 0 Å². The number of carbonyl (C=O) groups is 1. The average Bonchev–Trinajstić information content (AvgIpc) is 3.35. The molecule has 1 aliphatic heterocycles. The third-order valence-electron chi connectivity index (χ3n) is 4.60. The lowest BCUT2D eigenvalue weighted by atomic mass is 9.98. The second-order valence-corrected chi connectivity index (χ2v) is 9.88. The van der Waals surface area contributed by atoms with E-state index in [4.69, 9.17) is 46.4 Å². The van der Waals surface area contributed by atoms with Crippen molar-refractivity contribution >= 4 is 80.7 Å². The maximum absolute atomic E-state index is 12.8. The molecule has 146 valence electrons. The number of nitrogens with zero attached hydrogens (tertiary/aromatic N) is 1. The van der Waals surface area contributed by atoms with Crippen LogP contribution in [0.5, 0.6) is 0 Å². The van der Waals surface area contributed by atoms with Gasteiger partial charge in [0, 0.05) is 16.3 Å². The van der Waals surface area contributed by atoms with Gasteiger partial charge in [0.05, 0.1) is 38.4 Å². The molecule has 28 heavy (non-hydrogen) atoms. The molecule has 2 aromatic heterocycles. The number of thiophene rings is 2. The van der Waals surface area contributed by atoms with Crippen LogP contribution in [0.3, 0.4) is 0 Å². The molecular weight excluding hydrogens is 478 g/mol. The zero-order valence-electron chi connectivity index (χ0n) is 14.3. The minimum atomic E-state index is -0.220. The smallest absolute Gasteiger partial charge is 0.238 e. The Morgan fingerprint density at radius 2 is 1.86 bits per heavy atom. The summed E-state index contributed by atoms with van der Waals surface area (Å²) in [6.45, 7) is 0.996. The van der Waals surface area contributed by atoms with Gasteiger partial charge in [0.25, 0.3) is 0 Å². The molecule has 0 aliphatic carbocycles. The van der Waals surface area contributed by atoms with Crippen molar-refractivity contribution in [3.05, 3.63) is 70.4 Å². The van der Waals surface area contributed by atoms with Crippen LogP contribution in [0.1, 0.15) is 21.4 Å². The number of hydrogen-bond donors (Lipinski definition) is 1. The lowest BCUT2D eigenvalue weighted by Crippen LogP contribution is -2.40. The predicted octanol–water partition coefficient (Wildman–Crippen LogP) is 7.01. The summed E-state index contributed by atoms with van der Waals surface area (Å²) in [6.07, 6.45) is 0.923. The van der Waals surface area contributed by atoms with Crippen molar-refractivity contribution in [3.8, 4) is 0 Å². The van der Waals surface area contributed by atoms with Gasteiger partial charge < -0.3 is 5.32 Å². The third-order valence-corrected chi connectivity index (χ3v) is 8.10. The molecule has 0 spiro atoms. The molecule has 1 N–H and O–H groups in total. The lowest BCUT2D eigenvalue weighted by Gasteiger charge is -2.34. The van der Waals surface area contributed by atoms with Crippen LogP contribution in [0.15, 0.2) is 35.0 Å². The number of carbonyl (C=O) groups excluding carboxylic acids is 1. The Balaban J connectivity index is 1.58. The Hall–Kier alpha value is -0.790. The molecule has 0 saturated carbocycles. The summed E-state index contributed by atoms with van der Waals surface area (Å²) in [5, 5.41) is 7.79. The fourth-order valence-corrected chi connectivity index (χ4v) is 6.05. The summed E-state index contributed by atoms with van der Waals surface area (Å²) < 4.78 is 0. The highest BCUT2D eigenvalue weighted by Gasteiger charge is 2.31. The van der Waals surface area contributed by atoms with Crippen molar-refractivity contribution in [2.45, 2.75) is 12.5 Å². The first-order chi connectivity index (χ1) is 13.5. The summed E-state index contributed by atoms with van der Waals surface area (Å²) in [7, 11) is 0. The summed E-state index contributed by atoms with van der Waals surface area (Å²) in [6, 6.07) is 7.82. The van der Waals surface area contributed by atoms with Crippen molar-refractivity contribution in [2.24, 2.45) is 0 Å². The van der Waals surface area contributed by atoms with Crippen molar-refractivity contribution in [1.29, 1.82) is 0 Å². The van der Waals surface area contributed by atoms with E-state index in [0.29, 0.717) is 0 Å². The molecule has 1 atom stereocenters. The SMILES string of the molecule is O=C(CN1CCc2sccc2C1c1cccs1)Nc1c(Cl)c(Cl)cc(Cl)c1Cl. The van der Waals surface area contributed by atoms with Crippen LogP contribution < -0.4 is 5.32 Å². The zero-order chi connectivity index (χ0) is 19.8. The molecule has 3 heterocycles. The summed E-state index contributed by atoms with van der Waals surface area (Å²) in [5.41, 5.74) is 1.51. The second kappa shape index (κ2) is 8.52. The predicted molar refractivity (Wildman–Crippen MR) is 121 cm³/mol. The maximum atomic E-state index is 12.8. The Morgan fingerprint density at radius 3 is 2.54 bits per heavy atom. The van der Waals surface area contributed by atoms with Crippen LogP contribution in [0, 0.1) is 0 Å². The number of anilines is 1. The first kappa shape index (κ1) is 20.5. The first-order valence-corrected chi connectivity index (χ1v) is 11.7. The van der Waals surface area contributed by atoms with Gasteiger partial charge in [-0.25, -0.2) is 0 Å². The first-order valence-electron chi connectivity index (χ1n) is 8.42.